The van der Waals surface area contributed by atoms with E-state index in [0.717, 1.165) is 11.1 Å². The summed E-state index contributed by atoms with van der Waals surface area (Å²) in [5.41, 5.74) is 2.14. The first-order valence-electron chi connectivity index (χ1n) is 4.58. The Bertz CT molecular complexity index is 494. The zero-order valence-electron chi connectivity index (χ0n) is 9.61. The first kappa shape index (κ1) is 14.9. The molecule has 0 fully saturated rings. The van der Waals surface area contributed by atoms with Crippen molar-refractivity contribution in [1.82, 2.24) is 6.15 Å². The summed E-state index contributed by atoms with van der Waals surface area (Å²) in [6.45, 7) is 5.31. The molecule has 92 valence electrons. The summed E-state index contributed by atoms with van der Waals surface area (Å²) in [7, 11) is -4.36. The van der Waals surface area contributed by atoms with E-state index in [1.807, 2.05) is 13.8 Å². The van der Waals surface area contributed by atoms with Crippen LogP contribution in [0.4, 0.5) is 0 Å². The van der Waals surface area contributed by atoms with E-state index in [9.17, 15) is 13.5 Å². The van der Waals surface area contributed by atoms with Crippen molar-refractivity contribution in [2.45, 2.75) is 32.1 Å². The van der Waals surface area contributed by atoms with Crippen LogP contribution in [-0.2, 0) is 16.5 Å². The largest absolute Gasteiger partial charge is 0.506 e. The summed E-state index contributed by atoms with van der Waals surface area (Å²) in [6.07, 6.45) is 0.648. The van der Waals surface area contributed by atoms with Crippen molar-refractivity contribution in [3.63, 3.8) is 0 Å². The van der Waals surface area contributed by atoms with Gasteiger partial charge in [-0.05, 0) is 43.0 Å². The summed E-state index contributed by atoms with van der Waals surface area (Å²) in [5, 5.41) is 9.59. The molecule has 0 spiro atoms. The molecule has 1 aromatic rings. The average molecular weight is 247 g/mol. The molecule has 0 saturated heterocycles. The van der Waals surface area contributed by atoms with Crippen LogP contribution < -0.4 is 6.15 Å². The average Bonchev–Trinajstić information content (AvgIpc) is 2.13. The molecule has 0 aliphatic heterocycles. The SMILES string of the molecule is CCc1cc(S(=O)(=O)O)c(O)c(C)c1C.N. The topological polar surface area (TPSA) is 110 Å². The molecule has 6 heteroatoms. The second-order valence-electron chi connectivity index (χ2n) is 3.46. The number of phenols is 1. The zero-order chi connectivity index (χ0) is 11.8. The number of benzene rings is 1. The second-order valence-corrected chi connectivity index (χ2v) is 4.85. The fourth-order valence-corrected chi connectivity index (χ4v) is 2.19. The van der Waals surface area contributed by atoms with Gasteiger partial charge in [-0.2, -0.15) is 8.42 Å². The molecular formula is C10H17NO4S. The van der Waals surface area contributed by atoms with Crippen LogP contribution in [0.25, 0.3) is 0 Å². The molecule has 0 heterocycles. The lowest BCUT2D eigenvalue weighted by atomic mass is 10.0. The first-order valence-corrected chi connectivity index (χ1v) is 6.02. The van der Waals surface area contributed by atoms with Gasteiger partial charge in [-0.1, -0.05) is 6.92 Å². The van der Waals surface area contributed by atoms with Crippen molar-refractivity contribution in [1.29, 1.82) is 0 Å². The zero-order valence-corrected chi connectivity index (χ0v) is 10.4. The Morgan fingerprint density at radius 1 is 1.25 bits per heavy atom. The fraction of sp³-hybridized carbons (Fsp3) is 0.400. The maximum absolute atomic E-state index is 11.0. The lowest BCUT2D eigenvalue weighted by Crippen LogP contribution is -2.03. The number of hydrogen-bond acceptors (Lipinski definition) is 4. The predicted octanol–water partition coefficient (Wildman–Crippen LogP) is 1.98. The minimum atomic E-state index is -4.36. The third kappa shape index (κ3) is 2.52. The van der Waals surface area contributed by atoms with Crippen molar-refractivity contribution >= 4 is 10.1 Å². The molecule has 0 unspecified atom stereocenters. The number of aryl methyl sites for hydroxylation is 1. The van der Waals surface area contributed by atoms with Crippen LogP contribution in [0.5, 0.6) is 5.75 Å². The molecule has 0 saturated carbocycles. The lowest BCUT2D eigenvalue weighted by Gasteiger charge is -2.11. The van der Waals surface area contributed by atoms with E-state index in [0.29, 0.717) is 12.0 Å². The van der Waals surface area contributed by atoms with Gasteiger partial charge in [-0.25, -0.2) is 0 Å². The predicted molar refractivity (Wildman–Crippen MR) is 61.8 cm³/mol. The Kier molecular flexibility index (Phi) is 4.48. The molecule has 0 aliphatic carbocycles. The molecule has 5 N–H and O–H groups in total. The number of hydrogen-bond donors (Lipinski definition) is 3. The van der Waals surface area contributed by atoms with Crippen molar-refractivity contribution in [2.24, 2.45) is 0 Å². The molecular weight excluding hydrogens is 230 g/mol. The molecule has 5 nitrogen and oxygen atoms in total. The van der Waals surface area contributed by atoms with E-state index in [2.05, 4.69) is 0 Å². The van der Waals surface area contributed by atoms with Gasteiger partial charge in [0.25, 0.3) is 10.1 Å². The van der Waals surface area contributed by atoms with Gasteiger partial charge in [0, 0.05) is 0 Å². The molecule has 0 radical (unpaired) electrons. The van der Waals surface area contributed by atoms with Crippen LogP contribution in [0.1, 0.15) is 23.6 Å². The van der Waals surface area contributed by atoms with Gasteiger partial charge in [0.15, 0.2) is 0 Å². The third-order valence-electron chi connectivity index (χ3n) is 2.60. The Morgan fingerprint density at radius 3 is 2.12 bits per heavy atom. The highest BCUT2D eigenvalue weighted by Crippen LogP contribution is 2.31. The van der Waals surface area contributed by atoms with E-state index < -0.39 is 15.0 Å². The fourth-order valence-electron chi connectivity index (χ4n) is 1.50. The summed E-state index contributed by atoms with van der Waals surface area (Å²) in [4.78, 5) is -0.414. The van der Waals surface area contributed by atoms with Gasteiger partial charge in [0.05, 0.1) is 0 Å². The van der Waals surface area contributed by atoms with Crippen LogP contribution in [0.2, 0.25) is 0 Å². The van der Waals surface area contributed by atoms with Crippen molar-refractivity contribution in [2.75, 3.05) is 0 Å². The van der Waals surface area contributed by atoms with E-state index in [-0.39, 0.29) is 11.9 Å². The Labute approximate surface area is 95.4 Å². The summed E-state index contributed by atoms with van der Waals surface area (Å²) < 4.78 is 30.9. The van der Waals surface area contributed by atoms with Crippen LogP contribution in [0.3, 0.4) is 0 Å². The molecule has 0 amide bonds. The first-order chi connectivity index (χ1) is 6.79. The van der Waals surface area contributed by atoms with Gasteiger partial charge in [0.2, 0.25) is 0 Å². The van der Waals surface area contributed by atoms with Crippen molar-refractivity contribution in [3.05, 3.63) is 22.8 Å². The minimum Gasteiger partial charge on any atom is -0.506 e. The van der Waals surface area contributed by atoms with E-state index in [1.54, 1.807) is 6.92 Å². The third-order valence-corrected chi connectivity index (χ3v) is 3.46. The highest BCUT2D eigenvalue weighted by atomic mass is 32.2. The molecule has 0 atom stereocenters. The summed E-state index contributed by atoms with van der Waals surface area (Å²) in [5.74, 6) is -0.368. The number of rotatable bonds is 2. The number of phenolic OH excluding ortho intramolecular Hbond substituents is 1. The quantitative estimate of drug-likeness (QED) is 0.692. The molecule has 0 aliphatic rings. The smallest absolute Gasteiger partial charge is 0.298 e. The van der Waals surface area contributed by atoms with Gasteiger partial charge in [-0.15, -0.1) is 0 Å². The molecule has 1 aromatic carbocycles. The monoisotopic (exact) mass is 247 g/mol. The van der Waals surface area contributed by atoms with Gasteiger partial charge in [0.1, 0.15) is 10.6 Å². The summed E-state index contributed by atoms with van der Waals surface area (Å²) >= 11 is 0. The normalized spacial score (nSPS) is 11.0. The number of aromatic hydroxyl groups is 1. The highest BCUT2D eigenvalue weighted by Gasteiger charge is 2.19. The Hall–Kier alpha value is -1.11. The van der Waals surface area contributed by atoms with Gasteiger partial charge >= 0.3 is 0 Å². The van der Waals surface area contributed by atoms with Crippen LogP contribution in [0, 0.1) is 13.8 Å². The standard InChI is InChI=1S/C10H14O4S.H3N/c1-4-8-5-9(15(12,13)14)10(11)7(3)6(8)2;/h5,11H,4H2,1-3H3,(H,12,13,14);1H3. The van der Waals surface area contributed by atoms with Crippen LogP contribution in [0.15, 0.2) is 11.0 Å². The Morgan fingerprint density at radius 2 is 1.75 bits per heavy atom. The van der Waals surface area contributed by atoms with Gasteiger partial charge in [-0.3, -0.25) is 4.55 Å². The van der Waals surface area contributed by atoms with E-state index in [4.69, 9.17) is 4.55 Å². The second kappa shape index (κ2) is 4.82. The van der Waals surface area contributed by atoms with Crippen molar-refractivity contribution < 1.29 is 18.1 Å². The molecule has 16 heavy (non-hydrogen) atoms. The van der Waals surface area contributed by atoms with E-state index >= 15 is 0 Å². The molecule has 0 aromatic heterocycles. The van der Waals surface area contributed by atoms with Crippen LogP contribution >= 0.6 is 0 Å². The van der Waals surface area contributed by atoms with Crippen molar-refractivity contribution in [3.8, 4) is 5.75 Å². The van der Waals surface area contributed by atoms with Crippen LogP contribution in [-0.4, -0.2) is 18.1 Å². The van der Waals surface area contributed by atoms with E-state index in [1.165, 1.54) is 6.07 Å². The maximum Gasteiger partial charge on any atom is 0.298 e. The maximum atomic E-state index is 11.0. The van der Waals surface area contributed by atoms with Gasteiger partial charge < -0.3 is 11.3 Å². The minimum absolute atomic E-state index is 0. The molecule has 1 rings (SSSR count). The highest BCUT2D eigenvalue weighted by molar-refractivity contribution is 7.86. The Balaban J connectivity index is 0.00000225. The summed E-state index contributed by atoms with van der Waals surface area (Å²) in [6, 6.07) is 1.31. The molecule has 0 bridgehead atoms. The lowest BCUT2D eigenvalue weighted by molar-refractivity contribution is 0.439.